The number of benzene rings is 1. The third-order valence-electron chi connectivity index (χ3n) is 1.95. The van der Waals surface area contributed by atoms with Crippen molar-refractivity contribution in [2.45, 2.75) is 19.3 Å². The molecule has 1 aromatic carbocycles. The van der Waals surface area contributed by atoms with E-state index < -0.39 is 18.4 Å². The zero-order valence-electron chi connectivity index (χ0n) is 8.80. The Kier molecular flexibility index (Phi) is 3.60. The van der Waals surface area contributed by atoms with Gasteiger partial charge < -0.3 is 0 Å². The van der Waals surface area contributed by atoms with Gasteiger partial charge in [0.1, 0.15) is 0 Å². The third-order valence-corrected chi connectivity index (χ3v) is 6.14. The van der Waals surface area contributed by atoms with Gasteiger partial charge >= 0.3 is 85.7 Å². The zero-order chi connectivity index (χ0) is 9.90. The summed E-state index contributed by atoms with van der Waals surface area (Å²) in [4.78, 5) is 7.41. The van der Waals surface area contributed by atoms with Gasteiger partial charge in [-0.2, -0.15) is 0 Å². The van der Waals surface area contributed by atoms with E-state index in [0.717, 1.165) is 0 Å². The summed E-state index contributed by atoms with van der Waals surface area (Å²) in [5.74, 6) is 0. The molecular weight excluding hydrogens is 263 g/mol. The average Bonchev–Trinajstić information content (AvgIpc) is 2.03. The fraction of sp³-hybridized carbons (Fsp3) is 0.333. The standard InChI is InChI=1S/C9H9.3CH3.Sn/c1-3-9-6-4-8(2)5-7-9;;;;/h3-7H,1-2H2;3*1H3;. The van der Waals surface area contributed by atoms with Gasteiger partial charge in [-0.3, -0.25) is 0 Å². The SMILES string of the molecule is C=Cc1ccc([CH2][Sn]([CH3])([CH3])[CH3])cc1. The molecule has 0 fully saturated rings. The van der Waals surface area contributed by atoms with Crippen molar-refractivity contribution in [1.82, 2.24) is 0 Å². The summed E-state index contributed by atoms with van der Waals surface area (Å²) in [6.07, 6.45) is 1.89. The first-order chi connectivity index (χ1) is 6.01. The van der Waals surface area contributed by atoms with Crippen LogP contribution in [0.2, 0.25) is 14.8 Å². The fourth-order valence-corrected chi connectivity index (χ4v) is 5.55. The van der Waals surface area contributed by atoms with Gasteiger partial charge in [0.2, 0.25) is 0 Å². The summed E-state index contributed by atoms with van der Waals surface area (Å²) in [6, 6.07) is 8.78. The second kappa shape index (κ2) is 4.32. The van der Waals surface area contributed by atoms with Crippen LogP contribution in [0.15, 0.2) is 30.8 Å². The average molecular weight is 281 g/mol. The van der Waals surface area contributed by atoms with E-state index in [1.807, 2.05) is 6.08 Å². The minimum absolute atomic E-state index is 1.22. The topological polar surface area (TPSA) is 0 Å². The predicted octanol–water partition coefficient (Wildman–Crippen LogP) is 3.75. The molecule has 13 heavy (non-hydrogen) atoms. The van der Waals surface area contributed by atoms with Gasteiger partial charge in [0, 0.05) is 0 Å². The summed E-state index contributed by atoms with van der Waals surface area (Å²) in [7, 11) is 0. The van der Waals surface area contributed by atoms with Gasteiger partial charge in [-0.25, -0.2) is 0 Å². The summed E-state index contributed by atoms with van der Waals surface area (Å²) in [6.45, 7) is 3.75. The van der Waals surface area contributed by atoms with Crippen LogP contribution in [0.5, 0.6) is 0 Å². The summed E-state index contributed by atoms with van der Waals surface area (Å²) >= 11 is -1.63. The molecule has 0 atom stereocenters. The maximum absolute atomic E-state index is 3.75. The molecule has 0 aliphatic heterocycles. The van der Waals surface area contributed by atoms with Gasteiger partial charge in [-0.15, -0.1) is 0 Å². The van der Waals surface area contributed by atoms with Crippen molar-refractivity contribution in [1.29, 1.82) is 0 Å². The molecule has 0 N–H and O–H groups in total. The van der Waals surface area contributed by atoms with Crippen LogP contribution in [0, 0.1) is 0 Å². The molecule has 0 unspecified atom stereocenters. The quantitative estimate of drug-likeness (QED) is 0.740. The Morgan fingerprint density at radius 3 is 2.08 bits per heavy atom. The van der Waals surface area contributed by atoms with Gasteiger partial charge in [0.05, 0.1) is 0 Å². The fourth-order valence-electron chi connectivity index (χ4n) is 1.38. The Balaban J connectivity index is 2.75. The van der Waals surface area contributed by atoms with Crippen LogP contribution in [0.3, 0.4) is 0 Å². The summed E-state index contributed by atoms with van der Waals surface area (Å²) in [5.41, 5.74) is 2.71. The molecule has 0 saturated heterocycles. The molecule has 1 rings (SSSR count). The van der Waals surface area contributed by atoms with Crippen LogP contribution in [0.4, 0.5) is 0 Å². The van der Waals surface area contributed by atoms with Crippen molar-refractivity contribution >= 4 is 24.5 Å². The number of hydrogen-bond donors (Lipinski definition) is 0. The van der Waals surface area contributed by atoms with Gasteiger partial charge in [0.15, 0.2) is 0 Å². The predicted molar refractivity (Wildman–Crippen MR) is 63.6 cm³/mol. The molecule has 0 saturated carbocycles. The molecule has 0 spiro atoms. The first kappa shape index (κ1) is 10.8. The van der Waals surface area contributed by atoms with E-state index in [4.69, 9.17) is 0 Å². The van der Waals surface area contributed by atoms with Crippen LogP contribution < -0.4 is 0 Å². The molecule has 70 valence electrons. The molecule has 0 aliphatic carbocycles. The van der Waals surface area contributed by atoms with E-state index in [2.05, 4.69) is 45.7 Å². The second-order valence-corrected chi connectivity index (χ2v) is 20.3. The summed E-state index contributed by atoms with van der Waals surface area (Å²) in [5, 5.41) is 0. The van der Waals surface area contributed by atoms with Gasteiger partial charge in [0.25, 0.3) is 0 Å². The molecule has 0 aromatic heterocycles. The molecule has 0 amide bonds. The molecule has 0 radical (unpaired) electrons. The zero-order valence-corrected chi connectivity index (χ0v) is 11.7. The van der Waals surface area contributed by atoms with Crippen LogP contribution in [0.1, 0.15) is 11.1 Å². The molecule has 0 nitrogen and oxygen atoms in total. The van der Waals surface area contributed by atoms with Crippen molar-refractivity contribution in [3.63, 3.8) is 0 Å². The van der Waals surface area contributed by atoms with Gasteiger partial charge in [-0.1, -0.05) is 0 Å². The summed E-state index contributed by atoms with van der Waals surface area (Å²) < 4.78 is 1.34. The van der Waals surface area contributed by atoms with E-state index in [9.17, 15) is 0 Å². The molecule has 0 aliphatic rings. The van der Waals surface area contributed by atoms with E-state index in [0.29, 0.717) is 0 Å². The Hall–Kier alpha value is -0.241. The van der Waals surface area contributed by atoms with Crippen molar-refractivity contribution in [2.75, 3.05) is 0 Å². The van der Waals surface area contributed by atoms with Crippen LogP contribution in [-0.4, -0.2) is 18.4 Å². The Bertz CT molecular complexity index is 277. The maximum atomic E-state index is 3.75. The minimum atomic E-state index is -1.63. The van der Waals surface area contributed by atoms with Crippen LogP contribution >= 0.6 is 0 Å². The second-order valence-electron chi connectivity index (χ2n) is 4.68. The number of hydrogen-bond acceptors (Lipinski definition) is 0. The third kappa shape index (κ3) is 3.99. The van der Waals surface area contributed by atoms with Gasteiger partial charge in [-0.05, 0) is 0 Å². The van der Waals surface area contributed by atoms with E-state index in [1.165, 1.54) is 15.6 Å². The molecule has 1 aromatic rings. The molecule has 0 heterocycles. The van der Waals surface area contributed by atoms with E-state index >= 15 is 0 Å². The normalized spacial score (nSPS) is 11.3. The first-order valence-electron chi connectivity index (χ1n) is 4.73. The van der Waals surface area contributed by atoms with Crippen molar-refractivity contribution < 1.29 is 0 Å². The Morgan fingerprint density at radius 1 is 1.15 bits per heavy atom. The monoisotopic (exact) mass is 282 g/mol. The Morgan fingerprint density at radius 2 is 1.69 bits per heavy atom. The van der Waals surface area contributed by atoms with Crippen molar-refractivity contribution in [2.24, 2.45) is 0 Å². The Labute approximate surface area is 85.5 Å². The van der Waals surface area contributed by atoms with E-state index in [-0.39, 0.29) is 0 Å². The number of rotatable bonds is 3. The first-order valence-corrected chi connectivity index (χ1v) is 15.3. The van der Waals surface area contributed by atoms with Crippen LogP contribution in [0.25, 0.3) is 6.08 Å². The molecule has 0 bridgehead atoms. The molecule has 1 heteroatoms. The molecular formula is C12H18Sn. The van der Waals surface area contributed by atoms with Crippen molar-refractivity contribution in [3.05, 3.63) is 42.0 Å². The van der Waals surface area contributed by atoms with Crippen molar-refractivity contribution in [3.8, 4) is 0 Å². The van der Waals surface area contributed by atoms with Crippen LogP contribution in [-0.2, 0) is 4.44 Å². The van der Waals surface area contributed by atoms with E-state index in [1.54, 1.807) is 0 Å².